The Bertz CT molecular complexity index is 675. The zero-order chi connectivity index (χ0) is 13.2. The van der Waals surface area contributed by atoms with Gasteiger partial charge in [0.2, 0.25) is 11.7 Å². The predicted molar refractivity (Wildman–Crippen MR) is 74.8 cm³/mol. The van der Waals surface area contributed by atoms with Crippen LogP contribution < -0.4 is 5.73 Å². The van der Waals surface area contributed by atoms with Crippen LogP contribution >= 0.6 is 11.3 Å². The molecule has 0 aliphatic carbocycles. The van der Waals surface area contributed by atoms with Crippen molar-refractivity contribution in [2.75, 3.05) is 0 Å². The first-order valence-electron chi connectivity index (χ1n) is 5.95. The average molecular weight is 271 g/mol. The summed E-state index contributed by atoms with van der Waals surface area (Å²) in [6.45, 7) is 2.05. The molecule has 96 valence electrons. The highest BCUT2D eigenvalue weighted by atomic mass is 32.1. The highest BCUT2D eigenvalue weighted by Gasteiger charge is 2.17. The van der Waals surface area contributed by atoms with Crippen LogP contribution in [0.1, 0.15) is 22.4 Å². The minimum atomic E-state index is -0.386. The largest absolute Gasteiger partial charge is 0.337 e. The molecule has 0 radical (unpaired) electrons. The van der Waals surface area contributed by atoms with Crippen LogP contribution in [0.2, 0.25) is 0 Å². The molecule has 0 saturated heterocycles. The van der Waals surface area contributed by atoms with E-state index >= 15 is 0 Å². The molecule has 4 nitrogen and oxygen atoms in total. The lowest BCUT2D eigenvalue weighted by Gasteiger charge is -2.05. The molecule has 5 heteroatoms. The van der Waals surface area contributed by atoms with Gasteiger partial charge in [-0.2, -0.15) is 4.98 Å². The van der Waals surface area contributed by atoms with Gasteiger partial charge < -0.3 is 10.3 Å². The second-order valence-corrected chi connectivity index (χ2v) is 5.54. The number of nitrogens with two attached hydrogens (primary N) is 1. The Hall–Kier alpha value is -1.98. The minimum absolute atomic E-state index is 0.386. The molecular formula is C14H13N3OS. The van der Waals surface area contributed by atoms with Crippen molar-refractivity contribution in [1.29, 1.82) is 0 Å². The number of hydrogen-bond donors (Lipinski definition) is 1. The molecule has 0 spiro atoms. The van der Waals surface area contributed by atoms with Crippen molar-refractivity contribution >= 4 is 11.3 Å². The van der Waals surface area contributed by atoms with Crippen molar-refractivity contribution < 1.29 is 4.52 Å². The summed E-state index contributed by atoms with van der Waals surface area (Å²) >= 11 is 1.64. The van der Waals surface area contributed by atoms with Crippen LogP contribution in [-0.4, -0.2) is 10.1 Å². The molecule has 1 atom stereocenters. The molecule has 0 bridgehead atoms. The fraction of sp³-hybridized carbons (Fsp3) is 0.143. The Morgan fingerprint density at radius 3 is 2.63 bits per heavy atom. The van der Waals surface area contributed by atoms with Crippen molar-refractivity contribution in [3.63, 3.8) is 0 Å². The van der Waals surface area contributed by atoms with Crippen molar-refractivity contribution in [1.82, 2.24) is 10.1 Å². The Morgan fingerprint density at radius 1 is 1.16 bits per heavy atom. The maximum atomic E-state index is 6.12. The molecule has 3 aromatic rings. The molecule has 0 aliphatic heterocycles. The number of aryl methyl sites for hydroxylation is 1. The quantitative estimate of drug-likeness (QED) is 0.794. The van der Waals surface area contributed by atoms with E-state index in [4.69, 9.17) is 10.3 Å². The van der Waals surface area contributed by atoms with Gasteiger partial charge in [0.25, 0.3) is 0 Å². The number of benzene rings is 1. The van der Waals surface area contributed by atoms with E-state index in [2.05, 4.69) is 10.1 Å². The zero-order valence-electron chi connectivity index (χ0n) is 10.4. The summed E-state index contributed by atoms with van der Waals surface area (Å²) in [5.74, 6) is 1.03. The van der Waals surface area contributed by atoms with E-state index in [1.807, 2.05) is 49.4 Å². The van der Waals surface area contributed by atoms with Crippen LogP contribution in [0.3, 0.4) is 0 Å². The van der Waals surface area contributed by atoms with Gasteiger partial charge in [-0.05, 0) is 24.6 Å². The van der Waals surface area contributed by atoms with Crippen LogP contribution in [0, 0.1) is 6.92 Å². The maximum Gasteiger partial charge on any atom is 0.248 e. The van der Waals surface area contributed by atoms with E-state index in [1.165, 1.54) is 4.88 Å². The highest BCUT2D eigenvalue weighted by Crippen LogP contribution is 2.27. The van der Waals surface area contributed by atoms with Gasteiger partial charge in [-0.25, -0.2) is 0 Å². The van der Waals surface area contributed by atoms with Gasteiger partial charge in [0, 0.05) is 4.88 Å². The van der Waals surface area contributed by atoms with Crippen LogP contribution in [-0.2, 0) is 0 Å². The Morgan fingerprint density at radius 2 is 1.95 bits per heavy atom. The van der Waals surface area contributed by atoms with Gasteiger partial charge in [0.05, 0.1) is 4.88 Å². The van der Waals surface area contributed by atoms with E-state index in [1.54, 1.807) is 11.3 Å². The van der Waals surface area contributed by atoms with Crippen molar-refractivity contribution in [3.8, 4) is 10.7 Å². The monoisotopic (exact) mass is 271 g/mol. The smallest absolute Gasteiger partial charge is 0.248 e. The molecule has 0 saturated carbocycles. The fourth-order valence-electron chi connectivity index (χ4n) is 1.82. The second kappa shape index (κ2) is 4.95. The molecule has 1 unspecified atom stereocenters. The molecular weight excluding hydrogens is 258 g/mol. The number of hydrogen-bond acceptors (Lipinski definition) is 5. The van der Waals surface area contributed by atoms with Crippen LogP contribution in [0.5, 0.6) is 0 Å². The molecule has 0 amide bonds. The lowest BCUT2D eigenvalue weighted by Crippen LogP contribution is -2.11. The topological polar surface area (TPSA) is 64.9 Å². The van der Waals surface area contributed by atoms with Crippen LogP contribution in [0.4, 0.5) is 0 Å². The van der Waals surface area contributed by atoms with Gasteiger partial charge in [-0.15, -0.1) is 11.3 Å². The molecule has 2 aromatic heterocycles. The SMILES string of the molecule is Cc1ccc(-c2noc(C(N)c3ccccc3)n2)s1. The molecule has 2 N–H and O–H groups in total. The summed E-state index contributed by atoms with van der Waals surface area (Å²) in [4.78, 5) is 6.59. The third-order valence-electron chi connectivity index (χ3n) is 2.83. The van der Waals surface area contributed by atoms with E-state index < -0.39 is 0 Å². The average Bonchev–Trinajstić information content (AvgIpc) is 3.07. The number of nitrogens with zero attached hydrogens (tertiary/aromatic N) is 2. The first-order valence-corrected chi connectivity index (χ1v) is 6.76. The fourth-order valence-corrected chi connectivity index (χ4v) is 2.61. The van der Waals surface area contributed by atoms with Crippen molar-refractivity contribution in [2.24, 2.45) is 5.73 Å². The van der Waals surface area contributed by atoms with Gasteiger partial charge >= 0.3 is 0 Å². The summed E-state index contributed by atoms with van der Waals surface area (Å²) in [6, 6.07) is 13.4. The summed E-state index contributed by atoms with van der Waals surface area (Å²) in [7, 11) is 0. The summed E-state index contributed by atoms with van der Waals surface area (Å²) in [5, 5.41) is 3.99. The molecule has 0 fully saturated rings. The summed E-state index contributed by atoms with van der Waals surface area (Å²) < 4.78 is 5.27. The molecule has 3 rings (SSSR count). The number of rotatable bonds is 3. The maximum absolute atomic E-state index is 6.12. The minimum Gasteiger partial charge on any atom is -0.337 e. The standard InChI is InChI=1S/C14H13N3OS/c1-9-7-8-11(19-9)13-16-14(18-17-13)12(15)10-5-3-2-4-6-10/h2-8,12H,15H2,1H3. The van der Waals surface area contributed by atoms with Crippen LogP contribution in [0.25, 0.3) is 10.7 Å². The molecule has 19 heavy (non-hydrogen) atoms. The number of aromatic nitrogens is 2. The summed E-state index contributed by atoms with van der Waals surface area (Å²) in [6.07, 6.45) is 0. The second-order valence-electron chi connectivity index (χ2n) is 4.25. The highest BCUT2D eigenvalue weighted by molar-refractivity contribution is 7.15. The predicted octanol–water partition coefficient (Wildman–Crippen LogP) is 3.15. The van der Waals surface area contributed by atoms with E-state index in [0.717, 1.165) is 10.4 Å². The first kappa shape index (κ1) is 12.1. The summed E-state index contributed by atoms with van der Waals surface area (Å²) in [5.41, 5.74) is 7.08. The van der Waals surface area contributed by atoms with Gasteiger partial charge in [0.15, 0.2) is 0 Å². The molecule has 0 aliphatic rings. The van der Waals surface area contributed by atoms with E-state index in [0.29, 0.717) is 11.7 Å². The molecule has 1 aromatic carbocycles. The molecule has 2 heterocycles. The third-order valence-corrected chi connectivity index (χ3v) is 3.82. The Balaban J connectivity index is 1.89. The first-order chi connectivity index (χ1) is 9.24. The van der Waals surface area contributed by atoms with Crippen molar-refractivity contribution in [3.05, 3.63) is 58.8 Å². The van der Waals surface area contributed by atoms with Gasteiger partial charge in [-0.3, -0.25) is 0 Å². The zero-order valence-corrected chi connectivity index (χ0v) is 11.2. The van der Waals surface area contributed by atoms with Gasteiger partial charge in [-0.1, -0.05) is 35.5 Å². The lowest BCUT2D eigenvalue weighted by atomic mass is 10.1. The normalized spacial score (nSPS) is 12.5. The van der Waals surface area contributed by atoms with E-state index in [9.17, 15) is 0 Å². The van der Waals surface area contributed by atoms with Crippen LogP contribution in [0.15, 0.2) is 47.0 Å². The lowest BCUT2D eigenvalue weighted by molar-refractivity contribution is 0.367. The number of thiophene rings is 1. The van der Waals surface area contributed by atoms with Crippen molar-refractivity contribution in [2.45, 2.75) is 13.0 Å². The third kappa shape index (κ3) is 2.43. The van der Waals surface area contributed by atoms with Gasteiger partial charge in [0.1, 0.15) is 6.04 Å². The Labute approximate surface area is 114 Å². The van der Waals surface area contributed by atoms with E-state index in [-0.39, 0.29) is 6.04 Å². The Kier molecular flexibility index (Phi) is 3.15.